The fraction of sp³-hybridized carbons (Fsp3) is 0.300. The van der Waals surface area contributed by atoms with E-state index >= 15 is 0 Å². The van der Waals surface area contributed by atoms with Crippen LogP contribution >= 0.6 is 11.8 Å². The molecule has 0 aliphatic heterocycles. The normalized spacial score (nSPS) is 10.8. The second kappa shape index (κ2) is 7.83. The van der Waals surface area contributed by atoms with E-state index in [1.54, 1.807) is 14.2 Å². The van der Waals surface area contributed by atoms with E-state index < -0.39 is 0 Å². The molecule has 0 saturated carbocycles. The van der Waals surface area contributed by atoms with Gasteiger partial charge in [0.25, 0.3) is 5.22 Å². The number of aryl methyl sites for hydroxylation is 3. The molecule has 0 fully saturated rings. The second-order valence-corrected chi connectivity index (χ2v) is 7.10. The summed E-state index contributed by atoms with van der Waals surface area (Å²) in [6, 6.07) is 10.2. The van der Waals surface area contributed by atoms with Gasteiger partial charge in [-0.15, -0.1) is 10.2 Å². The van der Waals surface area contributed by atoms with Gasteiger partial charge in [0.05, 0.1) is 14.2 Å². The maximum atomic E-state index is 5.83. The smallest absolute Gasteiger partial charge is 0.277 e. The summed E-state index contributed by atoms with van der Waals surface area (Å²) < 4.78 is 16.5. The third-order valence-corrected chi connectivity index (χ3v) is 4.94. The van der Waals surface area contributed by atoms with E-state index in [-0.39, 0.29) is 0 Å². The monoisotopic (exact) mass is 370 g/mol. The van der Waals surface area contributed by atoms with Crippen LogP contribution < -0.4 is 9.47 Å². The van der Waals surface area contributed by atoms with Crippen LogP contribution in [0.5, 0.6) is 11.5 Å². The van der Waals surface area contributed by atoms with Crippen molar-refractivity contribution in [3.63, 3.8) is 0 Å². The third kappa shape index (κ3) is 4.02. The van der Waals surface area contributed by atoms with E-state index in [2.05, 4.69) is 30.1 Å². The summed E-state index contributed by atoms with van der Waals surface area (Å²) in [6.07, 6.45) is 0. The van der Waals surface area contributed by atoms with Crippen LogP contribution in [0.15, 0.2) is 40.0 Å². The molecule has 0 unspecified atom stereocenters. The van der Waals surface area contributed by atoms with Gasteiger partial charge < -0.3 is 13.9 Å². The van der Waals surface area contributed by atoms with Gasteiger partial charge in [-0.2, -0.15) is 0 Å². The Morgan fingerprint density at radius 1 is 0.885 bits per heavy atom. The highest BCUT2D eigenvalue weighted by Gasteiger charge is 2.13. The fourth-order valence-corrected chi connectivity index (χ4v) is 3.63. The van der Waals surface area contributed by atoms with Gasteiger partial charge in [0.15, 0.2) is 11.5 Å². The summed E-state index contributed by atoms with van der Waals surface area (Å²) in [4.78, 5) is 0. The van der Waals surface area contributed by atoms with Crippen molar-refractivity contribution >= 4 is 11.8 Å². The number of hydrogen-bond acceptors (Lipinski definition) is 6. The van der Waals surface area contributed by atoms with Crippen LogP contribution in [-0.2, 0) is 5.75 Å². The van der Waals surface area contributed by atoms with E-state index in [0.717, 1.165) is 28.2 Å². The quantitative estimate of drug-likeness (QED) is 0.571. The number of aromatic nitrogens is 2. The molecule has 5 nitrogen and oxygen atoms in total. The van der Waals surface area contributed by atoms with Gasteiger partial charge in [-0.05, 0) is 56.2 Å². The number of benzene rings is 2. The van der Waals surface area contributed by atoms with E-state index in [4.69, 9.17) is 13.9 Å². The molecule has 0 spiro atoms. The first kappa shape index (κ1) is 18.3. The predicted octanol–water partition coefficient (Wildman–Crippen LogP) is 4.97. The van der Waals surface area contributed by atoms with Crippen LogP contribution in [0.4, 0.5) is 0 Å². The molecule has 3 aromatic rings. The maximum absolute atomic E-state index is 5.83. The minimum Gasteiger partial charge on any atom is -0.493 e. The van der Waals surface area contributed by atoms with E-state index in [9.17, 15) is 0 Å². The van der Waals surface area contributed by atoms with Crippen molar-refractivity contribution in [3.8, 4) is 23.0 Å². The average molecular weight is 370 g/mol. The van der Waals surface area contributed by atoms with Crippen LogP contribution in [0.25, 0.3) is 11.5 Å². The topological polar surface area (TPSA) is 57.4 Å². The molecule has 1 aromatic heterocycles. The molecule has 0 saturated heterocycles. The molecule has 26 heavy (non-hydrogen) atoms. The molecule has 1 heterocycles. The Morgan fingerprint density at radius 2 is 1.54 bits per heavy atom. The minimum absolute atomic E-state index is 0.545. The molecule has 3 rings (SSSR count). The number of nitrogens with zero attached hydrogens (tertiary/aromatic N) is 2. The number of ether oxygens (including phenoxy) is 2. The van der Waals surface area contributed by atoms with Crippen molar-refractivity contribution in [1.82, 2.24) is 10.2 Å². The molecule has 0 radical (unpaired) electrons. The Morgan fingerprint density at radius 3 is 2.19 bits per heavy atom. The van der Waals surface area contributed by atoms with Gasteiger partial charge >= 0.3 is 0 Å². The minimum atomic E-state index is 0.545. The van der Waals surface area contributed by atoms with Crippen molar-refractivity contribution in [3.05, 3.63) is 52.6 Å². The third-order valence-electron chi connectivity index (χ3n) is 4.07. The number of thioether (sulfide) groups is 1. The molecule has 0 aliphatic carbocycles. The molecular weight excluding hydrogens is 348 g/mol. The lowest BCUT2D eigenvalue weighted by Crippen LogP contribution is -1.95. The first-order valence-corrected chi connectivity index (χ1v) is 9.25. The molecule has 2 aromatic carbocycles. The largest absolute Gasteiger partial charge is 0.493 e. The SMILES string of the molecule is COc1cc(C)c(CSc2nnc(-c3cc(C)cc(C)c3)o2)cc1OC. The van der Waals surface area contributed by atoms with E-state index in [0.29, 0.717) is 16.9 Å². The Kier molecular flexibility index (Phi) is 5.52. The molecule has 0 atom stereocenters. The van der Waals surface area contributed by atoms with Crippen molar-refractivity contribution in [1.29, 1.82) is 0 Å². The summed E-state index contributed by atoms with van der Waals surface area (Å²) >= 11 is 1.51. The lowest BCUT2D eigenvalue weighted by atomic mass is 10.1. The molecule has 0 bridgehead atoms. The summed E-state index contributed by atoms with van der Waals surface area (Å²) in [5.41, 5.74) is 5.56. The molecule has 6 heteroatoms. The fourth-order valence-electron chi connectivity index (χ4n) is 2.80. The predicted molar refractivity (Wildman–Crippen MR) is 103 cm³/mol. The molecule has 136 valence electrons. The number of methoxy groups -OCH3 is 2. The molecule has 0 aliphatic rings. The Labute approximate surface area is 157 Å². The highest BCUT2D eigenvalue weighted by atomic mass is 32.2. The molecular formula is C20H22N2O3S. The lowest BCUT2D eigenvalue weighted by molar-refractivity contribution is 0.354. The molecule has 0 amide bonds. The van der Waals surface area contributed by atoms with Gasteiger partial charge in [0.1, 0.15) is 0 Å². The summed E-state index contributed by atoms with van der Waals surface area (Å²) in [5.74, 6) is 2.70. The second-order valence-electron chi connectivity index (χ2n) is 6.17. The zero-order valence-corrected chi connectivity index (χ0v) is 16.4. The number of hydrogen-bond donors (Lipinski definition) is 0. The summed E-state index contributed by atoms with van der Waals surface area (Å²) in [6.45, 7) is 6.16. The highest BCUT2D eigenvalue weighted by Crippen LogP contribution is 2.33. The van der Waals surface area contributed by atoms with Gasteiger partial charge in [-0.3, -0.25) is 0 Å². The van der Waals surface area contributed by atoms with Gasteiger partial charge in [0.2, 0.25) is 5.89 Å². The van der Waals surface area contributed by atoms with Crippen LogP contribution in [0.1, 0.15) is 22.3 Å². The average Bonchev–Trinajstić information content (AvgIpc) is 3.08. The van der Waals surface area contributed by atoms with Gasteiger partial charge in [-0.25, -0.2) is 0 Å². The Balaban J connectivity index is 1.76. The van der Waals surface area contributed by atoms with Crippen LogP contribution in [0.3, 0.4) is 0 Å². The van der Waals surface area contributed by atoms with Crippen molar-refractivity contribution in [2.45, 2.75) is 31.7 Å². The standard InChI is InChI=1S/C20H22N2O3S/c1-12-6-13(2)8-15(7-12)19-21-22-20(25-19)26-11-16-10-18(24-5)17(23-4)9-14(16)3/h6-10H,11H2,1-5H3. The van der Waals surface area contributed by atoms with Crippen molar-refractivity contribution < 1.29 is 13.9 Å². The van der Waals surface area contributed by atoms with Gasteiger partial charge in [0, 0.05) is 11.3 Å². The maximum Gasteiger partial charge on any atom is 0.277 e. The van der Waals surface area contributed by atoms with E-state index in [1.165, 1.54) is 22.9 Å². The number of rotatable bonds is 6. The Bertz CT molecular complexity index is 901. The first-order valence-electron chi connectivity index (χ1n) is 8.26. The zero-order valence-electron chi connectivity index (χ0n) is 15.6. The zero-order chi connectivity index (χ0) is 18.7. The van der Waals surface area contributed by atoms with Crippen LogP contribution in [0, 0.1) is 20.8 Å². The Hall–Kier alpha value is -2.47. The van der Waals surface area contributed by atoms with E-state index in [1.807, 2.05) is 31.2 Å². The molecule has 0 N–H and O–H groups in total. The summed E-state index contributed by atoms with van der Waals surface area (Å²) in [5, 5.41) is 8.89. The summed E-state index contributed by atoms with van der Waals surface area (Å²) in [7, 11) is 3.27. The highest BCUT2D eigenvalue weighted by molar-refractivity contribution is 7.98. The van der Waals surface area contributed by atoms with Crippen LogP contribution in [0.2, 0.25) is 0 Å². The first-order chi connectivity index (χ1) is 12.5. The van der Waals surface area contributed by atoms with Gasteiger partial charge in [-0.1, -0.05) is 29.0 Å². The van der Waals surface area contributed by atoms with Crippen molar-refractivity contribution in [2.24, 2.45) is 0 Å². The lowest BCUT2D eigenvalue weighted by Gasteiger charge is -2.11. The van der Waals surface area contributed by atoms with Crippen molar-refractivity contribution in [2.75, 3.05) is 14.2 Å². The van der Waals surface area contributed by atoms with Crippen LogP contribution in [-0.4, -0.2) is 24.4 Å².